The molecule has 2 aromatic carbocycles. The number of rotatable bonds is 9. The lowest BCUT2D eigenvalue weighted by Gasteiger charge is -2.35. The van der Waals surface area contributed by atoms with E-state index in [1.54, 1.807) is 6.20 Å². The molecule has 2 heterocycles. The molecule has 224 valence electrons. The van der Waals surface area contributed by atoms with Gasteiger partial charge in [0.1, 0.15) is 5.65 Å². The van der Waals surface area contributed by atoms with Gasteiger partial charge in [-0.1, -0.05) is 76.6 Å². The lowest BCUT2D eigenvalue weighted by molar-refractivity contribution is -0.166. The molecular weight excluding hydrogens is 540 g/mol. The average molecular weight is 581 g/mol. The maximum Gasteiger partial charge on any atom is 0.333 e. The van der Waals surface area contributed by atoms with Crippen LogP contribution in [-0.2, 0) is 22.4 Å². The average Bonchev–Trinajstić information content (AvgIpc) is 3.47. The van der Waals surface area contributed by atoms with Gasteiger partial charge in [-0.3, -0.25) is 9.36 Å². The summed E-state index contributed by atoms with van der Waals surface area (Å²) in [7, 11) is 0. The SMILES string of the molecule is CCCc1c(Cc2ccc(-c3ccccc3C#N)cc2)c(=O)n([C@H]2CC[C@H](OC(C(=O)O)C(C)(C)C)CC2)c2ccnn12. The maximum atomic E-state index is 14.3. The number of aryl methyl sites for hydroxylation is 1. The molecule has 5 rings (SSSR count). The highest BCUT2D eigenvalue weighted by Crippen LogP contribution is 2.34. The van der Waals surface area contributed by atoms with Crippen LogP contribution in [0.3, 0.4) is 0 Å². The first-order valence-corrected chi connectivity index (χ1v) is 15.2. The lowest BCUT2D eigenvalue weighted by Crippen LogP contribution is -2.41. The zero-order valence-electron chi connectivity index (χ0n) is 25.4. The lowest BCUT2D eigenvalue weighted by atomic mass is 9.87. The number of aliphatic carboxylic acids is 1. The van der Waals surface area contributed by atoms with Crippen molar-refractivity contribution in [2.24, 2.45) is 5.41 Å². The van der Waals surface area contributed by atoms with E-state index in [2.05, 4.69) is 18.1 Å². The van der Waals surface area contributed by atoms with E-state index >= 15 is 0 Å². The van der Waals surface area contributed by atoms with Gasteiger partial charge in [-0.25, -0.2) is 9.31 Å². The summed E-state index contributed by atoms with van der Waals surface area (Å²) in [6.07, 6.45) is 5.65. The fourth-order valence-corrected chi connectivity index (χ4v) is 6.31. The van der Waals surface area contributed by atoms with Crippen LogP contribution in [0.2, 0.25) is 0 Å². The van der Waals surface area contributed by atoms with Crippen molar-refractivity contribution in [2.45, 2.75) is 90.9 Å². The molecule has 1 atom stereocenters. The molecule has 1 fully saturated rings. The van der Waals surface area contributed by atoms with Crippen LogP contribution in [0, 0.1) is 16.7 Å². The number of aromatic nitrogens is 3. The standard InChI is InChI=1S/C35H40N4O4/c1-5-8-30-29(21-23-11-13-24(14-12-23)28-10-7-6-9-25(28)22-36)33(40)38(31-19-20-37-39(30)31)26-15-17-27(18-16-26)43-32(34(41)42)35(2,3)4/h6-7,9-14,19-20,26-27,32H,5,8,15-18,21H2,1-4H3,(H,41,42)/t26-,27-,32?. The first kappa shape index (κ1) is 30.2. The quantitative estimate of drug-likeness (QED) is 0.240. The predicted molar refractivity (Wildman–Crippen MR) is 166 cm³/mol. The molecule has 1 unspecified atom stereocenters. The van der Waals surface area contributed by atoms with Gasteiger partial charge in [0, 0.05) is 24.1 Å². The molecule has 0 radical (unpaired) electrons. The van der Waals surface area contributed by atoms with Crippen molar-refractivity contribution in [1.82, 2.24) is 14.2 Å². The van der Waals surface area contributed by atoms with Gasteiger partial charge in [0.05, 0.1) is 29.6 Å². The Labute approximate surface area is 252 Å². The third kappa shape index (κ3) is 6.28. The Morgan fingerprint density at radius 1 is 1.09 bits per heavy atom. The summed E-state index contributed by atoms with van der Waals surface area (Å²) in [4.78, 5) is 26.2. The number of benzene rings is 2. The van der Waals surface area contributed by atoms with Crippen LogP contribution >= 0.6 is 0 Å². The topological polar surface area (TPSA) is 110 Å². The van der Waals surface area contributed by atoms with Crippen molar-refractivity contribution in [3.63, 3.8) is 0 Å². The Hall–Kier alpha value is -4.22. The van der Waals surface area contributed by atoms with Gasteiger partial charge in [0.15, 0.2) is 6.10 Å². The van der Waals surface area contributed by atoms with Crippen molar-refractivity contribution in [3.8, 4) is 17.2 Å². The Balaban J connectivity index is 1.44. The molecule has 0 bridgehead atoms. The molecule has 8 heteroatoms. The largest absolute Gasteiger partial charge is 0.479 e. The number of hydrogen-bond donors (Lipinski definition) is 1. The van der Waals surface area contributed by atoms with Gasteiger partial charge in [0.2, 0.25) is 0 Å². The minimum absolute atomic E-state index is 0.0119. The van der Waals surface area contributed by atoms with Gasteiger partial charge in [-0.15, -0.1) is 0 Å². The molecule has 1 N–H and O–H groups in total. The summed E-state index contributed by atoms with van der Waals surface area (Å²) in [5.41, 5.74) is 5.49. The second kappa shape index (κ2) is 12.6. The van der Waals surface area contributed by atoms with Crippen LogP contribution < -0.4 is 5.56 Å². The maximum absolute atomic E-state index is 14.3. The molecule has 1 saturated carbocycles. The Kier molecular flexibility index (Phi) is 8.84. The van der Waals surface area contributed by atoms with Crippen LogP contribution in [0.1, 0.15) is 88.2 Å². The van der Waals surface area contributed by atoms with Gasteiger partial charge in [0.25, 0.3) is 5.56 Å². The summed E-state index contributed by atoms with van der Waals surface area (Å²) in [6.45, 7) is 7.75. The summed E-state index contributed by atoms with van der Waals surface area (Å²) in [5.74, 6) is -0.940. The highest BCUT2D eigenvalue weighted by atomic mass is 16.5. The normalized spacial score (nSPS) is 17.9. The van der Waals surface area contributed by atoms with Gasteiger partial charge < -0.3 is 9.84 Å². The van der Waals surface area contributed by atoms with E-state index in [0.29, 0.717) is 24.8 Å². The fourth-order valence-electron chi connectivity index (χ4n) is 6.31. The van der Waals surface area contributed by atoms with Gasteiger partial charge >= 0.3 is 5.97 Å². The molecular formula is C35H40N4O4. The van der Waals surface area contributed by atoms with Crippen molar-refractivity contribution < 1.29 is 14.6 Å². The highest BCUT2D eigenvalue weighted by Gasteiger charge is 2.36. The molecule has 8 nitrogen and oxygen atoms in total. The highest BCUT2D eigenvalue weighted by molar-refractivity contribution is 5.73. The molecule has 1 aliphatic rings. The zero-order valence-corrected chi connectivity index (χ0v) is 25.4. The molecule has 1 aliphatic carbocycles. The van der Waals surface area contributed by atoms with E-state index in [1.165, 1.54) is 0 Å². The molecule has 0 saturated heterocycles. The third-order valence-electron chi connectivity index (χ3n) is 8.48. The summed E-state index contributed by atoms with van der Waals surface area (Å²) in [6, 6.07) is 19.8. The number of nitrogens with zero attached hydrogens (tertiary/aromatic N) is 4. The van der Waals surface area contributed by atoms with E-state index in [1.807, 2.05) is 84.5 Å². The first-order chi connectivity index (χ1) is 20.6. The molecule has 0 amide bonds. The smallest absolute Gasteiger partial charge is 0.333 e. The number of ether oxygens (including phenoxy) is 1. The first-order valence-electron chi connectivity index (χ1n) is 15.2. The van der Waals surface area contributed by atoms with E-state index in [9.17, 15) is 20.0 Å². The van der Waals surface area contributed by atoms with E-state index < -0.39 is 17.5 Å². The van der Waals surface area contributed by atoms with Gasteiger partial charge in [-0.2, -0.15) is 10.4 Å². The molecule has 0 spiro atoms. The number of carboxylic acid groups (broad SMARTS) is 1. The number of fused-ring (bicyclic) bond motifs is 1. The van der Waals surface area contributed by atoms with Crippen LogP contribution in [0.4, 0.5) is 0 Å². The number of carbonyl (C=O) groups is 1. The molecule has 2 aromatic heterocycles. The molecule has 4 aromatic rings. The second-order valence-electron chi connectivity index (χ2n) is 12.6. The van der Waals surface area contributed by atoms with Crippen molar-refractivity contribution in [2.75, 3.05) is 0 Å². The van der Waals surface area contributed by atoms with Crippen LogP contribution in [-0.4, -0.2) is 37.5 Å². The zero-order chi connectivity index (χ0) is 30.7. The third-order valence-corrected chi connectivity index (χ3v) is 8.48. The molecule has 0 aliphatic heterocycles. The summed E-state index contributed by atoms with van der Waals surface area (Å²) < 4.78 is 9.93. The number of hydrogen-bond acceptors (Lipinski definition) is 5. The Morgan fingerprint density at radius 2 is 1.79 bits per heavy atom. The number of nitriles is 1. The van der Waals surface area contributed by atoms with Crippen LogP contribution in [0.25, 0.3) is 16.8 Å². The Bertz CT molecular complexity index is 1700. The summed E-state index contributed by atoms with van der Waals surface area (Å²) >= 11 is 0. The minimum Gasteiger partial charge on any atom is -0.479 e. The van der Waals surface area contributed by atoms with E-state index in [4.69, 9.17) is 4.74 Å². The molecule has 43 heavy (non-hydrogen) atoms. The Morgan fingerprint density at radius 3 is 2.42 bits per heavy atom. The number of carboxylic acids is 1. The minimum atomic E-state index is -0.940. The summed E-state index contributed by atoms with van der Waals surface area (Å²) in [5, 5.41) is 23.9. The van der Waals surface area contributed by atoms with E-state index in [-0.39, 0.29) is 17.7 Å². The van der Waals surface area contributed by atoms with Crippen molar-refractivity contribution in [3.05, 3.63) is 93.5 Å². The van der Waals surface area contributed by atoms with E-state index in [0.717, 1.165) is 59.3 Å². The van der Waals surface area contributed by atoms with Crippen molar-refractivity contribution >= 4 is 11.6 Å². The van der Waals surface area contributed by atoms with Crippen LogP contribution in [0.5, 0.6) is 0 Å². The van der Waals surface area contributed by atoms with Gasteiger partial charge in [-0.05, 0) is 60.3 Å². The second-order valence-corrected chi connectivity index (χ2v) is 12.6. The van der Waals surface area contributed by atoms with Crippen molar-refractivity contribution in [1.29, 1.82) is 5.26 Å². The predicted octanol–water partition coefficient (Wildman–Crippen LogP) is 6.58. The monoisotopic (exact) mass is 580 g/mol. The fraction of sp³-hybridized carbons (Fsp3) is 0.429. The van der Waals surface area contributed by atoms with Crippen LogP contribution in [0.15, 0.2) is 65.6 Å².